The molecule has 15 heavy (non-hydrogen) atoms. The van der Waals surface area contributed by atoms with Gasteiger partial charge in [-0.3, -0.25) is 0 Å². The second-order valence-corrected chi connectivity index (χ2v) is 3.20. The van der Waals surface area contributed by atoms with Crippen LogP contribution in [0.3, 0.4) is 0 Å². The Morgan fingerprint density at radius 3 is 2.40 bits per heavy atom. The number of hydrogen-bond donors (Lipinski definition) is 1. The van der Waals surface area contributed by atoms with Crippen LogP contribution < -0.4 is 9.47 Å². The summed E-state index contributed by atoms with van der Waals surface area (Å²) in [5.41, 5.74) is 1.01. The highest BCUT2D eigenvalue weighted by atomic mass is 16.5. The molecule has 0 aliphatic rings. The summed E-state index contributed by atoms with van der Waals surface area (Å²) in [6.45, 7) is 2.46. The molecule has 1 N–H and O–H groups in total. The largest absolute Gasteiger partial charge is 0.497 e. The van der Waals surface area contributed by atoms with Crippen LogP contribution in [0, 0.1) is 0 Å². The van der Waals surface area contributed by atoms with Gasteiger partial charge in [0.1, 0.15) is 18.1 Å². The van der Waals surface area contributed by atoms with Crippen molar-refractivity contribution in [2.45, 2.75) is 6.92 Å². The van der Waals surface area contributed by atoms with Crippen molar-refractivity contribution in [3.05, 3.63) is 35.9 Å². The van der Waals surface area contributed by atoms with Crippen LogP contribution in [0.1, 0.15) is 6.92 Å². The standard InChI is InChI=1S/C12H16O3/c1-10(7-8-13)9-15-12-5-3-11(14-2)4-6-12/h3-7,13H,8-9H2,1-2H3/b10-7+. The summed E-state index contributed by atoms with van der Waals surface area (Å²) in [5.74, 6) is 1.60. The number of aliphatic hydroxyl groups is 1. The monoisotopic (exact) mass is 208 g/mol. The molecule has 0 spiro atoms. The fraction of sp³-hybridized carbons (Fsp3) is 0.333. The fourth-order valence-corrected chi connectivity index (χ4v) is 1.08. The lowest BCUT2D eigenvalue weighted by Crippen LogP contribution is -1.99. The molecule has 3 heteroatoms. The Labute approximate surface area is 90.0 Å². The van der Waals surface area contributed by atoms with Gasteiger partial charge in [-0.25, -0.2) is 0 Å². The van der Waals surface area contributed by atoms with Crippen LogP contribution >= 0.6 is 0 Å². The van der Waals surface area contributed by atoms with E-state index >= 15 is 0 Å². The van der Waals surface area contributed by atoms with E-state index in [1.54, 1.807) is 13.2 Å². The van der Waals surface area contributed by atoms with Crippen molar-refractivity contribution in [1.82, 2.24) is 0 Å². The molecule has 0 aliphatic carbocycles. The van der Waals surface area contributed by atoms with Gasteiger partial charge in [-0.2, -0.15) is 0 Å². The first-order chi connectivity index (χ1) is 7.26. The molecule has 0 radical (unpaired) electrons. The highest BCUT2D eigenvalue weighted by Gasteiger charge is 1.95. The van der Waals surface area contributed by atoms with Crippen LogP contribution in [-0.4, -0.2) is 25.4 Å². The zero-order valence-electron chi connectivity index (χ0n) is 9.06. The van der Waals surface area contributed by atoms with E-state index in [2.05, 4.69) is 0 Å². The Morgan fingerprint density at radius 2 is 1.87 bits per heavy atom. The van der Waals surface area contributed by atoms with Gasteiger partial charge in [0.25, 0.3) is 0 Å². The van der Waals surface area contributed by atoms with E-state index < -0.39 is 0 Å². The van der Waals surface area contributed by atoms with E-state index in [0.29, 0.717) is 6.61 Å². The van der Waals surface area contributed by atoms with Crippen molar-refractivity contribution in [1.29, 1.82) is 0 Å². The average Bonchev–Trinajstić information content (AvgIpc) is 2.27. The number of ether oxygens (including phenoxy) is 2. The lowest BCUT2D eigenvalue weighted by Gasteiger charge is -2.06. The molecule has 1 rings (SSSR count). The van der Waals surface area contributed by atoms with Gasteiger partial charge in [-0.15, -0.1) is 0 Å². The minimum atomic E-state index is 0.0534. The third kappa shape index (κ3) is 4.04. The predicted molar refractivity (Wildman–Crippen MR) is 59.3 cm³/mol. The van der Waals surface area contributed by atoms with E-state index in [4.69, 9.17) is 14.6 Å². The number of methoxy groups -OCH3 is 1. The maximum Gasteiger partial charge on any atom is 0.120 e. The first-order valence-corrected chi connectivity index (χ1v) is 4.79. The fourth-order valence-electron chi connectivity index (χ4n) is 1.08. The van der Waals surface area contributed by atoms with Gasteiger partial charge in [0.15, 0.2) is 0 Å². The lowest BCUT2D eigenvalue weighted by molar-refractivity contribution is 0.330. The van der Waals surface area contributed by atoms with Gasteiger partial charge in [-0.05, 0) is 36.8 Å². The first-order valence-electron chi connectivity index (χ1n) is 4.79. The van der Waals surface area contributed by atoms with Crippen molar-refractivity contribution in [2.75, 3.05) is 20.3 Å². The number of benzene rings is 1. The summed E-state index contributed by atoms with van der Waals surface area (Å²) < 4.78 is 10.5. The molecule has 0 unspecified atom stereocenters. The summed E-state index contributed by atoms with van der Waals surface area (Å²) in [7, 11) is 1.63. The van der Waals surface area contributed by atoms with Gasteiger partial charge in [0.05, 0.1) is 13.7 Å². The number of hydrogen-bond acceptors (Lipinski definition) is 3. The molecule has 0 atom stereocenters. The van der Waals surface area contributed by atoms with E-state index in [-0.39, 0.29) is 6.61 Å². The van der Waals surface area contributed by atoms with Gasteiger partial charge in [0.2, 0.25) is 0 Å². The molecular formula is C12H16O3. The van der Waals surface area contributed by atoms with Crippen LogP contribution in [-0.2, 0) is 0 Å². The molecule has 0 bridgehead atoms. The van der Waals surface area contributed by atoms with E-state index in [0.717, 1.165) is 17.1 Å². The van der Waals surface area contributed by atoms with Gasteiger partial charge in [0, 0.05) is 0 Å². The topological polar surface area (TPSA) is 38.7 Å². The van der Waals surface area contributed by atoms with Crippen LogP contribution in [0.25, 0.3) is 0 Å². The maximum absolute atomic E-state index is 8.65. The minimum Gasteiger partial charge on any atom is -0.497 e. The van der Waals surface area contributed by atoms with Crippen LogP contribution in [0.4, 0.5) is 0 Å². The van der Waals surface area contributed by atoms with Crippen LogP contribution in [0.5, 0.6) is 11.5 Å². The first kappa shape index (κ1) is 11.6. The van der Waals surface area contributed by atoms with E-state index in [1.165, 1.54) is 0 Å². The molecule has 0 aromatic heterocycles. The molecule has 0 aliphatic heterocycles. The third-order valence-electron chi connectivity index (χ3n) is 1.97. The highest BCUT2D eigenvalue weighted by molar-refractivity contribution is 5.31. The Morgan fingerprint density at radius 1 is 1.27 bits per heavy atom. The van der Waals surface area contributed by atoms with E-state index in [9.17, 15) is 0 Å². The Hall–Kier alpha value is -1.48. The second kappa shape index (κ2) is 6.09. The van der Waals surface area contributed by atoms with Crippen molar-refractivity contribution >= 4 is 0 Å². The Bertz CT molecular complexity index is 314. The van der Waals surface area contributed by atoms with E-state index in [1.807, 2.05) is 31.2 Å². The highest BCUT2D eigenvalue weighted by Crippen LogP contribution is 2.17. The molecule has 3 nitrogen and oxygen atoms in total. The average molecular weight is 208 g/mol. The quantitative estimate of drug-likeness (QED) is 0.752. The van der Waals surface area contributed by atoms with Crippen LogP contribution in [0.2, 0.25) is 0 Å². The zero-order chi connectivity index (χ0) is 11.1. The van der Waals surface area contributed by atoms with Crippen molar-refractivity contribution in [2.24, 2.45) is 0 Å². The third-order valence-corrected chi connectivity index (χ3v) is 1.97. The summed E-state index contributed by atoms with van der Waals surface area (Å²) in [4.78, 5) is 0. The maximum atomic E-state index is 8.65. The number of rotatable bonds is 5. The summed E-state index contributed by atoms with van der Waals surface area (Å²) in [6, 6.07) is 7.40. The lowest BCUT2D eigenvalue weighted by atomic mass is 10.3. The smallest absolute Gasteiger partial charge is 0.120 e. The molecular weight excluding hydrogens is 192 g/mol. The van der Waals surface area contributed by atoms with Crippen LogP contribution in [0.15, 0.2) is 35.9 Å². The Balaban J connectivity index is 2.47. The van der Waals surface area contributed by atoms with Crippen molar-refractivity contribution < 1.29 is 14.6 Å². The normalized spacial score (nSPS) is 11.3. The molecule has 0 fully saturated rings. The van der Waals surface area contributed by atoms with Crippen molar-refractivity contribution in [3.63, 3.8) is 0 Å². The predicted octanol–water partition coefficient (Wildman–Crippen LogP) is 2.01. The second-order valence-electron chi connectivity index (χ2n) is 3.20. The number of aliphatic hydroxyl groups excluding tert-OH is 1. The van der Waals surface area contributed by atoms with Gasteiger partial charge >= 0.3 is 0 Å². The molecule has 82 valence electrons. The Kier molecular flexibility index (Phi) is 4.71. The molecule has 0 amide bonds. The van der Waals surface area contributed by atoms with Gasteiger partial charge < -0.3 is 14.6 Å². The van der Waals surface area contributed by atoms with Crippen molar-refractivity contribution in [3.8, 4) is 11.5 Å². The molecule has 1 aromatic rings. The summed E-state index contributed by atoms with van der Waals surface area (Å²) >= 11 is 0. The summed E-state index contributed by atoms with van der Waals surface area (Å²) in [6.07, 6.45) is 1.73. The molecule has 0 heterocycles. The molecule has 1 aromatic carbocycles. The molecule has 0 saturated heterocycles. The minimum absolute atomic E-state index is 0.0534. The zero-order valence-corrected chi connectivity index (χ0v) is 9.06. The molecule has 0 saturated carbocycles. The summed E-state index contributed by atoms with van der Waals surface area (Å²) in [5, 5.41) is 8.65. The SMILES string of the molecule is COc1ccc(OC/C(C)=C/CO)cc1. The van der Waals surface area contributed by atoms with Gasteiger partial charge in [-0.1, -0.05) is 6.08 Å².